The van der Waals surface area contributed by atoms with E-state index < -0.39 is 74.0 Å². The molecule has 14 nitrogen and oxygen atoms in total. The first-order valence-corrected chi connectivity index (χ1v) is 6.91. The number of carbonyl (C=O) groups is 2. The summed E-state index contributed by atoms with van der Waals surface area (Å²) >= 11 is 0. The number of hydrogen-bond donors (Lipinski definition) is 10. The molecule has 10 N–H and O–H groups in total. The predicted octanol–water partition coefficient (Wildman–Crippen LogP) is -15.6. The average Bonchev–Trinajstić information content (AvgIpc) is 2.62. The van der Waals surface area contributed by atoms with Gasteiger partial charge in [0, 0.05) is 0 Å². The Kier molecular flexibility index (Phi) is 25.9. The van der Waals surface area contributed by atoms with Crippen molar-refractivity contribution in [2.75, 3.05) is 13.2 Å². The van der Waals surface area contributed by atoms with Crippen LogP contribution in [-0.4, -0.2) is 125 Å². The van der Waals surface area contributed by atoms with E-state index in [-0.39, 0.29) is 103 Å². The third-order valence-electron chi connectivity index (χ3n) is 2.99. The van der Waals surface area contributed by atoms with Crippen LogP contribution in [0.4, 0.5) is 0 Å². The second-order valence-electron chi connectivity index (χ2n) is 4.99. The molecule has 0 amide bonds. The van der Waals surface area contributed by atoms with Gasteiger partial charge in [-0.1, -0.05) is 0 Å². The molecule has 0 aromatic rings. The van der Waals surface area contributed by atoms with Crippen LogP contribution in [0.5, 0.6) is 0 Å². The summed E-state index contributed by atoms with van der Waals surface area (Å²) in [5.41, 5.74) is 0. The van der Waals surface area contributed by atoms with Crippen molar-refractivity contribution in [1.29, 1.82) is 0 Å². The van der Waals surface area contributed by atoms with Gasteiger partial charge in [0.25, 0.3) is 0 Å². The summed E-state index contributed by atoms with van der Waals surface area (Å²) < 4.78 is 0. The first kappa shape index (κ1) is 37.1. The van der Waals surface area contributed by atoms with E-state index in [1.165, 1.54) is 0 Å². The topological polar surface area (TPSA) is 283 Å². The molecule has 0 heterocycles. The van der Waals surface area contributed by atoms with Crippen LogP contribution in [-0.2, 0) is 9.59 Å². The van der Waals surface area contributed by atoms with E-state index >= 15 is 0 Å². The number of carboxylic acids is 2. The molecule has 0 aliphatic heterocycles. The SMILES string of the molecule is O=C([O-])[C@H](O)[C@@H](O)[C@H](O)[C@H](O)CO.O=C([O-])[C@H](O)[C@@H](O)[C@H](O)[C@H](O)CO.[K+].[K+]. The van der Waals surface area contributed by atoms with E-state index in [4.69, 9.17) is 51.1 Å². The molecule has 0 saturated carbocycles. The maximum Gasteiger partial charge on any atom is 1.00 e. The maximum absolute atomic E-state index is 9.98. The number of aliphatic hydroxyl groups excluding tert-OH is 10. The molecule has 0 fully saturated rings. The summed E-state index contributed by atoms with van der Waals surface area (Å²) in [7, 11) is 0. The van der Waals surface area contributed by atoms with Gasteiger partial charge in [0.05, 0.1) is 25.2 Å². The van der Waals surface area contributed by atoms with Gasteiger partial charge in [-0.25, -0.2) is 0 Å². The smallest absolute Gasteiger partial charge is 0.547 e. The maximum atomic E-state index is 9.98. The van der Waals surface area contributed by atoms with Crippen molar-refractivity contribution in [1.82, 2.24) is 0 Å². The van der Waals surface area contributed by atoms with Crippen LogP contribution in [0, 0.1) is 0 Å². The largest absolute Gasteiger partial charge is 1.00 e. The molecule has 0 rings (SSSR count). The molecular formula is C12H22K2O14. The Bertz CT molecular complexity index is 389. The average molecular weight is 468 g/mol. The zero-order valence-corrected chi connectivity index (χ0v) is 21.4. The summed E-state index contributed by atoms with van der Waals surface area (Å²) in [4.78, 5) is 20.0. The molecule has 28 heavy (non-hydrogen) atoms. The molecule has 0 spiro atoms. The molecule has 8 atom stereocenters. The number of rotatable bonds is 10. The summed E-state index contributed by atoms with van der Waals surface area (Å²) in [6.45, 7) is -1.73. The van der Waals surface area contributed by atoms with E-state index in [1.54, 1.807) is 0 Å². The van der Waals surface area contributed by atoms with Gasteiger partial charge in [-0.15, -0.1) is 0 Å². The van der Waals surface area contributed by atoms with Crippen molar-refractivity contribution in [3.05, 3.63) is 0 Å². The minimum Gasteiger partial charge on any atom is -0.547 e. The fraction of sp³-hybridized carbons (Fsp3) is 0.833. The monoisotopic (exact) mass is 468 g/mol. The summed E-state index contributed by atoms with van der Waals surface area (Å²) in [6, 6.07) is 0. The van der Waals surface area contributed by atoms with Gasteiger partial charge < -0.3 is 70.9 Å². The second kappa shape index (κ2) is 19.5. The fourth-order valence-corrected chi connectivity index (χ4v) is 1.32. The number of aliphatic hydroxyl groups is 10. The van der Waals surface area contributed by atoms with Gasteiger partial charge in [0.15, 0.2) is 0 Å². The van der Waals surface area contributed by atoms with E-state index in [0.29, 0.717) is 0 Å². The zero-order chi connectivity index (χ0) is 21.2. The molecule has 0 radical (unpaired) electrons. The quantitative estimate of drug-likeness (QED) is 0.133. The van der Waals surface area contributed by atoms with Crippen molar-refractivity contribution in [3.8, 4) is 0 Å². The van der Waals surface area contributed by atoms with Crippen molar-refractivity contribution in [3.63, 3.8) is 0 Å². The minimum absolute atomic E-state index is 0. The normalized spacial score (nSPS) is 18.9. The van der Waals surface area contributed by atoms with Gasteiger partial charge in [-0.05, 0) is 0 Å². The third-order valence-corrected chi connectivity index (χ3v) is 2.99. The van der Waals surface area contributed by atoms with Crippen molar-refractivity contribution < 1.29 is 174 Å². The van der Waals surface area contributed by atoms with E-state index in [1.807, 2.05) is 0 Å². The first-order valence-electron chi connectivity index (χ1n) is 6.91. The van der Waals surface area contributed by atoms with E-state index in [2.05, 4.69) is 0 Å². The molecular weight excluding hydrogens is 446 g/mol. The van der Waals surface area contributed by atoms with Crippen LogP contribution in [0.2, 0.25) is 0 Å². The summed E-state index contributed by atoms with van der Waals surface area (Å²) in [6.07, 6.45) is -16.2. The van der Waals surface area contributed by atoms with Gasteiger partial charge >= 0.3 is 103 Å². The molecule has 0 aromatic heterocycles. The molecule has 0 bridgehead atoms. The standard InChI is InChI=1S/2C6H12O7.2K/c2*7-1-2(8)3(9)4(10)5(11)6(12)13;;/h2*2-5,7-11H,1H2,(H,12,13);;/q;;2*+1/p-2/t2*2-,3-,4+,5-;;/m11../s1. The molecule has 0 aliphatic carbocycles. The van der Waals surface area contributed by atoms with Crippen molar-refractivity contribution >= 4 is 11.9 Å². The number of hydrogen-bond acceptors (Lipinski definition) is 14. The van der Waals surface area contributed by atoms with Crippen molar-refractivity contribution in [2.45, 2.75) is 48.8 Å². The van der Waals surface area contributed by atoms with Gasteiger partial charge in [-0.2, -0.15) is 0 Å². The zero-order valence-electron chi connectivity index (χ0n) is 15.1. The molecule has 0 aromatic carbocycles. The van der Waals surface area contributed by atoms with Crippen LogP contribution >= 0.6 is 0 Å². The molecule has 16 heteroatoms. The summed E-state index contributed by atoms with van der Waals surface area (Å²) in [5.74, 6) is -3.95. The third kappa shape index (κ3) is 14.0. The van der Waals surface area contributed by atoms with Gasteiger partial charge in [-0.3, -0.25) is 0 Å². The Hall–Kier alpha value is 1.81. The van der Waals surface area contributed by atoms with E-state index in [9.17, 15) is 19.8 Å². The number of carbonyl (C=O) groups excluding carboxylic acids is 2. The first-order chi connectivity index (χ1) is 11.8. The van der Waals surface area contributed by atoms with E-state index in [0.717, 1.165) is 0 Å². The molecule has 0 aliphatic rings. The Morgan fingerprint density at radius 1 is 0.571 bits per heavy atom. The Morgan fingerprint density at radius 3 is 0.929 bits per heavy atom. The van der Waals surface area contributed by atoms with Gasteiger partial charge in [0.2, 0.25) is 0 Å². The van der Waals surface area contributed by atoms with Crippen LogP contribution in [0.1, 0.15) is 0 Å². The Labute approximate surface area is 243 Å². The molecule has 156 valence electrons. The summed E-state index contributed by atoms with van der Waals surface area (Å²) in [5, 5.41) is 107. The minimum atomic E-state index is -2.31. The number of carboxylic acid groups (broad SMARTS) is 2. The van der Waals surface area contributed by atoms with Crippen LogP contribution in [0.15, 0.2) is 0 Å². The van der Waals surface area contributed by atoms with Crippen LogP contribution < -0.4 is 113 Å². The second-order valence-corrected chi connectivity index (χ2v) is 4.99. The Balaban J connectivity index is -0.000000192. The predicted molar refractivity (Wildman–Crippen MR) is 72.2 cm³/mol. The van der Waals surface area contributed by atoms with Crippen LogP contribution in [0.3, 0.4) is 0 Å². The van der Waals surface area contributed by atoms with Crippen LogP contribution in [0.25, 0.3) is 0 Å². The fourth-order valence-electron chi connectivity index (χ4n) is 1.32. The van der Waals surface area contributed by atoms with Gasteiger partial charge in [0.1, 0.15) is 48.8 Å². The number of aliphatic carboxylic acids is 2. The molecule has 0 saturated heterocycles. The molecule has 0 unspecified atom stereocenters. The Morgan fingerprint density at radius 2 is 0.786 bits per heavy atom. The van der Waals surface area contributed by atoms with Crippen molar-refractivity contribution in [2.24, 2.45) is 0 Å².